The molecule has 1 aromatic heterocycles. The molecule has 2 aromatic carbocycles. The monoisotopic (exact) mass is 373 g/mol. The van der Waals surface area contributed by atoms with Gasteiger partial charge in [0.25, 0.3) is 5.91 Å². The van der Waals surface area contributed by atoms with Crippen molar-refractivity contribution in [2.24, 2.45) is 0 Å². The molecular weight excluding hydrogens is 362 g/mol. The molecule has 3 rings (SSSR count). The van der Waals surface area contributed by atoms with Crippen molar-refractivity contribution in [3.8, 4) is 11.4 Å². The highest BCUT2D eigenvalue weighted by molar-refractivity contribution is 9.10. The Morgan fingerprint density at radius 1 is 1.22 bits per heavy atom. The van der Waals surface area contributed by atoms with Crippen LogP contribution in [0.15, 0.2) is 53.3 Å². The Labute approximate surface area is 140 Å². The van der Waals surface area contributed by atoms with E-state index < -0.39 is 0 Å². The molecule has 0 saturated carbocycles. The quantitative estimate of drug-likeness (QED) is 0.760. The first-order chi connectivity index (χ1) is 11.2. The summed E-state index contributed by atoms with van der Waals surface area (Å²) in [5.41, 5.74) is 1.96. The largest absolute Gasteiger partial charge is 0.497 e. The number of ether oxygens (including phenoxy) is 1. The molecule has 3 aromatic rings. The predicted octanol–water partition coefficient (Wildman–Crippen LogP) is 2.69. The highest BCUT2D eigenvalue weighted by atomic mass is 79.9. The Bertz CT molecular complexity index is 818. The van der Waals surface area contributed by atoms with Crippen molar-refractivity contribution in [3.05, 3.63) is 58.8 Å². The first-order valence-corrected chi connectivity index (χ1v) is 7.45. The Morgan fingerprint density at radius 3 is 2.65 bits per heavy atom. The normalized spacial score (nSPS) is 10.3. The van der Waals surface area contributed by atoms with Gasteiger partial charge in [0.15, 0.2) is 0 Å². The summed E-state index contributed by atoms with van der Waals surface area (Å²) in [4.78, 5) is 12.4. The number of carbonyl (C=O) groups excluding carboxylic acids is 1. The van der Waals surface area contributed by atoms with Crippen molar-refractivity contribution in [1.29, 1.82) is 0 Å². The molecule has 1 amide bonds. The summed E-state index contributed by atoms with van der Waals surface area (Å²) in [7, 11) is 1.56. The lowest BCUT2D eigenvalue weighted by Gasteiger charge is -2.09. The summed E-state index contributed by atoms with van der Waals surface area (Å²) in [6.07, 6.45) is 1.50. The fourth-order valence-electron chi connectivity index (χ4n) is 1.98. The van der Waals surface area contributed by atoms with Gasteiger partial charge in [-0.25, -0.2) is 4.68 Å². The first-order valence-electron chi connectivity index (χ1n) is 6.65. The molecule has 0 unspecified atom stereocenters. The van der Waals surface area contributed by atoms with Gasteiger partial charge in [-0.1, -0.05) is 0 Å². The van der Waals surface area contributed by atoms with E-state index in [1.807, 2.05) is 12.1 Å². The summed E-state index contributed by atoms with van der Waals surface area (Å²) < 4.78 is 7.37. The number of nitrogens with one attached hydrogen (secondary N) is 1. The van der Waals surface area contributed by atoms with Crippen LogP contribution in [0.3, 0.4) is 0 Å². The lowest BCUT2D eigenvalue weighted by molar-refractivity contribution is 0.102. The van der Waals surface area contributed by atoms with Gasteiger partial charge in [-0.15, -0.1) is 5.10 Å². The summed E-state index contributed by atoms with van der Waals surface area (Å²) >= 11 is 3.37. The predicted molar refractivity (Wildman–Crippen MR) is 87.8 cm³/mol. The zero-order chi connectivity index (χ0) is 16.2. The number of hydrogen-bond acceptors (Lipinski definition) is 5. The highest BCUT2D eigenvalue weighted by Gasteiger charge is 2.12. The van der Waals surface area contributed by atoms with Gasteiger partial charge in [0.2, 0.25) is 0 Å². The average Bonchev–Trinajstić information content (AvgIpc) is 3.10. The van der Waals surface area contributed by atoms with E-state index in [1.54, 1.807) is 37.4 Å². The third kappa shape index (κ3) is 3.37. The minimum atomic E-state index is -0.231. The highest BCUT2D eigenvalue weighted by Crippen LogP contribution is 2.23. The summed E-state index contributed by atoms with van der Waals surface area (Å²) in [6.45, 7) is 0. The number of nitrogens with zero attached hydrogens (tertiary/aromatic N) is 4. The Balaban J connectivity index is 1.78. The number of methoxy groups -OCH3 is 1. The van der Waals surface area contributed by atoms with Gasteiger partial charge in [-0.3, -0.25) is 4.79 Å². The fourth-order valence-corrected chi connectivity index (χ4v) is 2.41. The van der Waals surface area contributed by atoms with Crippen LogP contribution in [0.4, 0.5) is 5.69 Å². The maximum Gasteiger partial charge on any atom is 0.256 e. The topological polar surface area (TPSA) is 81.9 Å². The second-order valence-corrected chi connectivity index (χ2v) is 5.46. The van der Waals surface area contributed by atoms with Gasteiger partial charge in [0.05, 0.1) is 18.4 Å². The summed E-state index contributed by atoms with van der Waals surface area (Å²) in [5.74, 6) is 0.387. The van der Waals surface area contributed by atoms with E-state index in [0.717, 1.165) is 5.69 Å². The number of anilines is 1. The number of amides is 1. The molecule has 0 radical (unpaired) electrons. The molecule has 7 nitrogen and oxygen atoms in total. The zero-order valence-corrected chi connectivity index (χ0v) is 13.7. The number of rotatable bonds is 4. The van der Waals surface area contributed by atoms with Crippen LogP contribution in [-0.2, 0) is 0 Å². The molecule has 0 fully saturated rings. The number of aromatic nitrogens is 4. The summed E-state index contributed by atoms with van der Waals surface area (Å²) in [6, 6.07) is 12.4. The van der Waals surface area contributed by atoms with Crippen LogP contribution in [0.1, 0.15) is 10.4 Å². The van der Waals surface area contributed by atoms with Crippen molar-refractivity contribution in [3.63, 3.8) is 0 Å². The third-order valence-corrected chi connectivity index (χ3v) is 3.85. The smallest absolute Gasteiger partial charge is 0.256 e. The second kappa shape index (κ2) is 6.57. The van der Waals surface area contributed by atoms with Gasteiger partial charge in [-0.05, 0) is 68.8 Å². The van der Waals surface area contributed by atoms with E-state index in [9.17, 15) is 4.79 Å². The van der Waals surface area contributed by atoms with E-state index >= 15 is 0 Å². The van der Waals surface area contributed by atoms with Crippen molar-refractivity contribution in [2.45, 2.75) is 0 Å². The van der Waals surface area contributed by atoms with E-state index in [0.29, 0.717) is 21.5 Å². The molecular formula is C15H12BrN5O2. The van der Waals surface area contributed by atoms with E-state index in [-0.39, 0.29) is 5.91 Å². The van der Waals surface area contributed by atoms with Crippen LogP contribution in [0.25, 0.3) is 5.69 Å². The molecule has 8 heteroatoms. The number of halogens is 1. The van der Waals surface area contributed by atoms with Gasteiger partial charge >= 0.3 is 0 Å². The molecule has 0 aliphatic rings. The fraction of sp³-hybridized carbons (Fsp3) is 0.0667. The Morgan fingerprint density at radius 2 is 2.00 bits per heavy atom. The molecule has 1 heterocycles. The maximum absolute atomic E-state index is 12.4. The molecule has 23 heavy (non-hydrogen) atoms. The standard InChI is InChI=1S/C15H12BrN5O2/c1-23-12-6-7-14(16)13(8-12)15(22)18-10-2-4-11(5-3-10)21-9-17-19-20-21/h2-9H,1H3,(H,18,22). The van der Waals surface area contributed by atoms with Crippen LogP contribution in [0.5, 0.6) is 5.75 Å². The average molecular weight is 374 g/mol. The number of hydrogen-bond donors (Lipinski definition) is 1. The molecule has 116 valence electrons. The van der Waals surface area contributed by atoms with E-state index in [1.165, 1.54) is 11.0 Å². The van der Waals surface area contributed by atoms with Crippen molar-refractivity contribution in [1.82, 2.24) is 20.2 Å². The molecule has 0 bridgehead atoms. The zero-order valence-electron chi connectivity index (χ0n) is 12.1. The summed E-state index contributed by atoms with van der Waals surface area (Å²) in [5, 5.41) is 13.8. The minimum Gasteiger partial charge on any atom is -0.497 e. The van der Waals surface area contributed by atoms with Crippen LogP contribution < -0.4 is 10.1 Å². The molecule has 0 aliphatic heterocycles. The Hall–Kier alpha value is -2.74. The van der Waals surface area contributed by atoms with E-state index in [4.69, 9.17) is 4.74 Å². The second-order valence-electron chi connectivity index (χ2n) is 4.60. The number of tetrazole rings is 1. The van der Waals surface area contributed by atoms with Gasteiger partial charge in [-0.2, -0.15) is 0 Å². The molecule has 0 atom stereocenters. The molecule has 0 aliphatic carbocycles. The Kier molecular flexibility index (Phi) is 4.33. The van der Waals surface area contributed by atoms with Crippen LogP contribution in [0.2, 0.25) is 0 Å². The SMILES string of the molecule is COc1ccc(Br)c(C(=O)Nc2ccc(-n3cnnn3)cc2)c1. The van der Waals surface area contributed by atoms with Crippen molar-refractivity contribution < 1.29 is 9.53 Å². The molecule has 0 saturated heterocycles. The number of benzene rings is 2. The van der Waals surface area contributed by atoms with Crippen LogP contribution >= 0.6 is 15.9 Å². The van der Waals surface area contributed by atoms with Gasteiger partial charge < -0.3 is 10.1 Å². The van der Waals surface area contributed by atoms with Crippen LogP contribution in [-0.4, -0.2) is 33.2 Å². The van der Waals surface area contributed by atoms with Crippen molar-refractivity contribution in [2.75, 3.05) is 12.4 Å². The molecule has 0 spiro atoms. The first kappa shape index (κ1) is 15.2. The third-order valence-electron chi connectivity index (χ3n) is 3.16. The van der Waals surface area contributed by atoms with Crippen LogP contribution in [0, 0.1) is 0 Å². The van der Waals surface area contributed by atoms with E-state index in [2.05, 4.69) is 36.8 Å². The minimum absolute atomic E-state index is 0.231. The van der Waals surface area contributed by atoms with Gasteiger partial charge in [0, 0.05) is 10.2 Å². The maximum atomic E-state index is 12.4. The molecule has 1 N–H and O–H groups in total. The van der Waals surface area contributed by atoms with Crippen molar-refractivity contribution >= 4 is 27.5 Å². The lowest BCUT2D eigenvalue weighted by atomic mass is 10.2. The number of carbonyl (C=O) groups is 1. The lowest BCUT2D eigenvalue weighted by Crippen LogP contribution is -2.12. The van der Waals surface area contributed by atoms with Gasteiger partial charge in [0.1, 0.15) is 12.1 Å².